The first-order valence-electron chi connectivity index (χ1n) is 34.4. The largest absolute Gasteiger partial charge is 0.756 e. The lowest BCUT2D eigenvalue weighted by Crippen LogP contribution is -2.47. The highest BCUT2D eigenvalue weighted by Gasteiger charge is 2.27. The van der Waals surface area contributed by atoms with E-state index in [1.165, 1.54) is 161 Å². The smallest absolute Gasteiger partial charge is 0.306 e. The minimum Gasteiger partial charge on any atom is -0.756 e. The topological polar surface area (TPSA) is 114 Å². The van der Waals surface area contributed by atoms with Crippen molar-refractivity contribution in [2.45, 2.75) is 322 Å². The second-order valence-corrected chi connectivity index (χ2v) is 25.7. The number of nitrogens with zero attached hydrogens (tertiary/aromatic N) is 1. The molecule has 1 amide bonds. The molecule has 0 fully saturated rings. The van der Waals surface area contributed by atoms with Gasteiger partial charge in [-0.15, -0.1) is 0 Å². The molecular weight excluding hydrogens is 1040 g/mol. The number of likely N-dealkylation sites (N-methyl/N-ethyl adjacent to an activating group) is 1. The normalized spacial score (nSPS) is 14.1. The van der Waals surface area contributed by atoms with E-state index in [0.717, 1.165) is 116 Å². The molecule has 0 aromatic carbocycles. The molecule has 0 aromatic rings. The van der Waals surface area contributed by atoms with E-state index >= 15 is 0 Å². The lowest BCUT2D eigenvalue weighted by atomic mass is 10.0. The zero-order valence-electron chi connectivity index (χ0n) is 54.4. The van der Waals surface area contributed by atoms with Gasteiger partial charge >= 0.3 is 5.97 Å². The molecule has 0 aliphatic heterocycles. The summed E-state index contributed by atoms with van der Waals surface area (Å²) in [4.78, 5) is 40.1. The summed E-state index contributed by atoms with van der Waals surface area (Å²) >= 11 is 0. The van der Waals surface area contributed by atoms with Crippen molar-refractivity contribution in [1.82, 2.24) is 5.32 Å². The third-order valence-corrected chi connectivity index (χ3v) is 16.0. The number of ether oxygens (including phenoxy) is 1. The molecule has 0 spiro atoms. The predicted molar refractivity (Wildman–Crippen MR) is 353 cm³/mol. The highest BCUT2D eigenvalue weighted by Crippen LogP contribution is 2.38. The van der Waals surface area contributed by atoms with Gasteiger partial charge < -0.3 is 28.5 Å². The van der Waals surface area contributed by atoms with Crippen molar-refractivity contribution in [2.75, 3.05) is 40.9 Å². The number of allylic oxidation sites excluding steroid dienone is 13. The Bertz CT molecular complexity index is 1680. The van der Waals surface area contributed by atoms with Crippen LogP contribution in [0.5, 0.6) is 0 Å². The molecule has 10 heteroatoms. The highest BCUT2D eigenvalue weighted by molar-refractivity contribution is 7.45. The number of esters is 1. The molecule has 0 saturated carbocycles. The van der Waals surface area contributed by atoms with Crippen molar-refractivity contribution in [3.05, 3.63) is 85.1 Å². The van der Waals surface area contributed by atoms with Gasteiger partial charge in [0, 0.05) is 12.8 Å². The fourth-order valence-corrected chi connectivity index (χ4v) is 10.5. The van der Waals surface area contributed by atoms with Crippen LogP contribution >= 0.6 is 7.82 Å². The summed E-state index contributed by atoms with van der Waals surface area (Å²) in [6.45, 7) is 6.74. The maximum Gasteiger partial charge on any atom is 0.306 e. The molecular formula is C72H131N2O7P. The van der Waals surface area contributed by atoms with Crippen molar-refractivity contribution >= 4 is 19.7 Å². The number of hydrogen-bond acceptors (Lipinski definition) is 7. The van der Waals surface area contributed by atoms with E-state index in [9.17, 15) is 19.0 Å². The van der Waals surface area contributed by atoms with Crippen LogP contribution in [0.4, 0.5) is 0 Å². The number of hydrogen-bond donors (Lipinski definition) is 1. The van der Waals surface area contributed by atoms with Crippen LogP contribution in [0.25, 0.3) is 0 Å². The van der Waals surface area contributed by atoms with Gasteiger partial charge in [-0.3, -0.25) is 14.2 Å². The van der Waals surface area contributed by atoms with E-state index < -0.39 is 26.6 Å². The van der Waals surface area contributed by atoms with Crippen LogP contribution < -0.4 is 10.2 Å². The standard InChI is InChI=1S/C72H131N2O7P/c1-7-10-13-16-19-22-25-28-30-32-33-34-35-36-37-38-39-40-41-43-44-46-49-52-55-58-61-64-71(75)73-69(68-80-82(77,78)79-67-66-74(4,5)6)70(63-60-57-54-51-48-27-24-21-18-15-12-9-3)81-72(76)65-62-59-56-53-50-47-45-42-31-29-26-23-20-17-14-11-8-2/h10,13,19,22,28-31,33-34,36-37,60,63,69-70H,7-9,11-12,14-18,20-21,23-27,32,35,38-59,61-62,64-68H2,1-6H3,(H-,73,75,77,78)/b13-10-,22-19-,30-28-,31-29+,34-33-,37-36-,63-60-. The fourth-order valence-electron chi connectivity index (χ4n) is 9.78. The molecule has 9 nitrogen and oxygen atoms in total. The van der Waals surface area contributed by atoms with Crippen molar-refractivity contribution < 1.29 is 37.3 Å². The van der Waals surface area contributed by atoms with Crippen molar-refractivity contribution in [3.8, 4) is 0 Å². The average Bonchev–Trinajstić information content (AvgIpc) is 3.47. The molecule has 0 radical (unpaired) electrons. The maximum absolute atomic E-state index is 13.6. The summed E-state index contributed by atoms with van der Waals surface area (Å²) in [5, 5.41) is 3.04. The minimum atomic E-state index is -4.71. The third-order valence-electron chi connectivity index (χ3n) is 15.1. The first-order chi connectivity index (χ1) is 39.9. The van der Waals surface area contributed by atoms with Crippen LogP contribution in [0.2, 0.25) is 0 Å². The number of rotatable bonds is 62. The molecule has 0 rings (SSSR count). The van der Waals surface area contributed by atoms with Crippen LogP contribution in [0.15, 0.2) is 85.1 Å². The Labute approximate surface area is 507 Å². The number of carbonyl (C=O) groups is 2. The molecule has 0 aromatic heterocycles. The van der Waals surface area contributed by atoms with E-state index in [1.807, 2.05) is 33.3 Å². The Morgan fingerprint density at radius 1 is 0.439 bits per heavy atom. The molecule has 0 aliphatic carbocycles. The maximum atomic E-state index is 13.6. The molecule has 476 valence electrons. The molecule has 1 N–H and O–H groups in total. The van der Waals surface area contributed by atoms with Crippen LogP contribution in [0.1, 0.15) is 310 Å². The van der Waals surface area contributed by atoms with Crippen LogP contribution in [-0.2, 0) is 27.9 Å². The summed E-state index contributed by atoms with van der Waals surface area (Å²) < 4.78 is 30.4. The number of phosphoric ester groups is 1. The number of amides is 1. The zero-order valence-corrected chi connectivity index (χ0v) is 55.3. The van der Waals surface area contributed by atoms with Crippen molar-refractivity contribution in [2.24, 2.45) is 0 Å². The number of nitrogens with one attached hydrogen (secondary N) is 1. The van der Waals surface area contributed by atoms with Gasteiger partial charge in [0.05, 0.1) is 33.8 Å². The average molecular weight is 1170 g/mol. The zero-order chi connectivity index (χ0) is 60.0. The molecule has 0 heterocycles. The molecule has 3 atom stereocenters. The lowest BCUT2D eigenvalue weighted by Gasteiger charge is -2.30. The second-order valence-electron chi connectivity index (χ2n) is 24.3. The van der Waals surface area contributed by atoms with Crippen molar-refractivity contribution in [1.29, 1.82) is 0 Å². The Morgan fingerprint density at radius 3 is 1.18 bits per heavy atom. The molecule has 0 aliphatic rings. The molecule has 82 heavy (non-hydrogen) atoms. The monoisotopic (exact) mass is 1170 g/mol. The van der Waals surface area contributed by atoms with Crippen LogP contribution in [0.3, 0.4) is 0 Å². The Kier molecular flexibility index (Phi) is 59.2. The van der Waals surface area contributed by atoms with Gasteiger partial charge in [0.1, 0.15) is 19.3 Å². The van der Waals surface area contributed by atoms with Crippen LogP contribution in [0, 0.1) is 0 Å². The second kappa shape index (κ2) is 61.3. The number of carbonyl (C=O) groups excluding carboxylic acids is 2. The Balaban J connectivity index is 5.07. The van der Waals surface area contributed by atoms with Gasteiger partial charge in [0.25, 0.3) is 7.82 Å². The summed E-state index contributed by atoms with van der Waals surface area (Å²) in [7, 11) is 1.18. The third kappa shape index (κ3) is 61.7. The van der Waals surface area contributed by atoms with Crippen molar-refractivity contribution in [3.63, 3.8) is 0 Å². The molecule has 0 bridgehead atoms. The summed E-state index contributed by atoms with van der Waals surface area (Å²) in [5.41, 5.74) is 0. The van der Waals surface area contributed by atoms with Gasteiger partial charge in [-0.2, -0.15) is 0 Å². The Morgan fingerprint density at radius 2 is 0.780 bits per heavy atom. The first-order valence-corrected chi connectivity index (χ1v) is 35.9. The van der Waals surface area contributed by atoms with Gasteiger partial charge in [0.2, 0.25) is 5.91 Å². The minimum absolute atomic E-state index is 0.0256. The van der Waals surface area contributed by atoms with E-state index in [4.69, 9.17) is 13.8 Å². The van der Waals surface area contributed by atoms with E-state index in [-0.39, 0.29) is 24.9 Å². The summed E-state index contributed by atoms with van der Waals surface area (Å²) in [5.74, 6) is -0.544. The molecule has 0 saturated heterocycles. The van der Waals surface area contributed by atoms with Gasteiger partial charge in [-0.05, 0) is 102 Å². The number of quaternary nitrogens is 1. The van der Waals surface area contributed by atoms with Gasteiger partial charge in [0.15, 0.2) is 0 Å². The highest BCUT2D eigenvalue weighted by atomic mass is 31.2. The summed E-state index contributed by atoms with van der Waals surface area (Å²) in [6, 6.07) is -0.895. The van der Waals surface area contributed by atoms with Crippen LogP contribution in [-0.4, -0.2) is 69.4 Å². The first kappa shape index (κ1) is 79.2. The number of unbranched alkanes of at least 4 members (excludes halogenated alkanes) is 34. The summed E-state index contributed by atoms with van der Waals surface area (Å²) in [6.07, 6.45) is 81.3. The van der Waals surface area contributed by atoms with E-state index in [2.05, 4.69) is 99.0 Å². The Hall–Kier alpha value is -2.81. The van der Waals surface area contributed by atoms with E-state index in [1.54, 1.807) is 0 Å². The van der Waals surface area contributed by atoms with E-state index in [0.29, 0.717) is 17.4 Å². The lowest BCUT2D eigenvalue weighted by molar-refractivity contribution is -0.870. The quantitative estimate of drug-likeness (QED) is 0.0212. The van der Waals surface area contributed by atoms with Gasteiger partial charge in [-0.1, -0.05) is 280 Å². The molecule has 3 unspecified atom stereocenters. The predicted octanol–water partition coefficient (Wildman–Crippen LogP) is 21.1. The number of phosphoric acid groups is 1. The fraction of sp³-hybridized carbons (Fsp3) is 0.778. The van der Waals surface area contributed by atoms with Gasteiger partial charge in [-0.25, -0.2) is 0 Å². The SMILES string of the molecule is CC/C=C\C/C=C\C/C=C\C/C=C\C/C=C\CCCCCCCCCCCCCC(=O)NC(COP(=O)([O-])OCC[N+](C)(C)C)C(/C=C\CCCCCCCCCCCC)OC(=O)CCCCCCCCC/C=C/CCCCCCCC.